The quantitative estimate of drug-likeness (QED) is 0.0815. The molecule has 396 valence electrons. The molecule has 0 spiro atoms. The van der Waals surface area contributed by atoms with E-state index in [-0.39, 0.29) is 67.2 Å². The summed E-state index contributed by atoms with van der Waals surface area (Å²) in [6.07, 6.45) is 0. The third-order valence-electron chi connectivity index (χ3n) is 14.2. The van der Waals surface area contributed by atoms with Gasteiger partial charge in [-0.05, 0) is 91.6 Å². The fourth-order valence-electron chi connectivity index (χ4n) is 10.5. The summed E-state index contributed by atoms with van der Waals surface area (Å²) >= 11 is 0. The van der Waals surface area contributed by atoms with E-state index >= 15 is 0 Å². The highest BCUT2D eigenvalue weighted by Crippen LogP contribution is 2.47. The van der Waals surface area contributed by atoms with Crippen LogP contribution in [0.4, 0.5) is 0 Å². The van der Waals surface area contributed by atoms with E-state index in [1.807, 2.05) is 24.3 Å². The molecule has 80 heavy (non-hydrogen) atoms. The summed E-state index contributed by atoms with van der Waals surface area (Å²) in [6.45, 7) is 0. The number of methoxy groups -OCH3 is 8. The smallest absolute Gasteiger partial charge is 0.347 e. The summed E-state index contributed by atoms with van der Waals surface area (Å²) in [4.78, 5) is 75.2. The molecular formula is C60H40N4O16. The summed E-state index contributed by atoms with van der Waals surface area (Å²) in [6, 6.07) is 26.9. The topological polar surface area (TPSA) is 246 Å². The van der Waals surface area contributed by atoms with E-state index in [4.69, 9.17) is 75.5 Å². The highest BCUT2D eigenvalue weighted by molar-refractivity contribution is 6.35. The first kappa shape index (κ1) is 48.9. The Labute approximate surface area is 448 Å². The lowest BCUT2D eigenvalue weighted by atomic mass is 9.86. The van der Waals surface area contributed by atoms with Crippen molar-refractivity contribution < 1.29 is 55.6 Å². The number of ether oxygens (including phenoxy) is 8. The molecule has 0 fully saturated rings. The Bertz CT molecular complexity index is 4440. The van der Waals surface area contributed by atoms with Crippen LogP contribution in [0.25, 0.3) is 133 Å². The van der Waals surface area contributed by atoms with Gasteiger partial charge in [-0.2, -0.15) is 0 Å². The minimum absolute atomic E-state index is 0.0389. The molecule has 0 amide bonds. The number of rotatable bonds is 12. The van der Waals surface area contributed by atoms with Crippen LogP contribution in [0.5, 0.6) is 46.0 Å². The monoisotopic (exact) mass is 1070 g/mol. The van der Waals surface area contributed by atoms with E-state index in [2.05, 4.69) is 0 Å². The van der Waals surface area contributed by atoms with Crippen LogP contribution in [-0.4, -0.2) is 76.8 Å². The second-order valence-electron chi connectivity index (χ2n) is 18.4. The molecule has 0 aliphatic carbocycles. The molecule has 0 unspecified atom stereocenters. The number of hydrogen-bond donors (Lipinski definition) is 0. The lowest BCUT2D eigenvalue weighted by Gasteiger charge is -2.18. The van der Waals surface area contributed by atoms with Crippen molar-refractivity contribution in [3.05, 3.63) is 139 Å². The first-order chi connectivity index (χ1) is 38.8. The zero-order chi connectivity index (χ0) is 55.4. The van der Waals surface area contributed by atoms with Gasteiger partial charge in [-0.25, -0.2) is 39.1 Å². The fourth-order valence-corrected chi connectivity index (χ4v) is 10.5. The minimum Gasteiger partial charge on any atom is -0.493 e. The van der Waals surface area contributed by atoms with Crippen LogP contribution >= 0.6 is 0 Å². The van der Waals surface area contributed by atoms with Crippen LogP contribution < -0.4 is 60.4 Å². The fraction of sp³-hybridized carbons (Fsp3) is 0.133. The van der Waals surface area contributed by atoms with Crippen molar-refractivity contribution in [3.63, 3.8) is 0 Å². The standard InChI is InChI=1S/C60H40N4O16/c1-69-43-17-35-39(21-47(43)73-5)61-53(77-57(35)65)27-9-25-10-28(54-62-40-22-48(74-6)44(70-2)18-36(40)58(66)78-54)15-33-34-16-30(56-64-42-24-50(76-8)46(72-4)20-38(42)60(68)80-56)12-26-11-29(14-32(52(26)34)31(13-27)51(25)33)55-63-41-23-49(75-7)45(71-3)19-37(41)59(67)79-55/h9-24H,1-8H3. The molecule has 4 heterocycles. The second-order valence-corrected chi connectivity index (χ2v) is 18.4. The van der Waals surface area contributed by atoms with E-state index in [9.17, 15) is 19.2 Å². The van der Waals surface area contributed by atoms with Gasteiger partial charge in [0, 0.05) is 70.8 Å². The third kappa shape index (κ3) is 7.58. The van der Waals surface area contributed by atoms with Crippen LogP contribution in [-0.2, 0) is 0 Å². The highest BCUT2D eigenvalue weighted by Gasteiger charge is 2.25. The van der Waals surface area contributed by atoms with Gasteiger partial charge in [0.25, 0.3) is 0 Å². The Kier molecular flexibility index (Phi) is 11.3. The van der Waals surface area contributed by atoms with Gasteiger partial charge in [-0.15, -0.1) is 0 Å². The van der Waals surface area contributed by atoms with Crippen molar-refractivity contribution in [1.29, 1.82) is 0 Å². The zero-order valence-corrected chi connectivity index (χ0v) is 43.6. The molecular weight excluding hydrogens is 1030 g/mol. The summed E-state index contributed by atoms with van der Waals surface area (Å²) in [5.41, 5.74) is -0.189. The van der Waals surface area contributed by atoms with Gasteiger partial charge >= 0.3 is 22.5 Å². The normalized spacial score (nSPS) is 11.7. The predicted molar refractivity (Wildman–Crippen MR) is 297 cm³/mol. The van der Waals surface area contributed by atoms with Gasteiger partial charge in [-0.3, -0.25) is 0 Å². The summed E-state index contributed by atoms with van der Waals surface area (Å²) in [5.74, 6) is 2.44. The maximum atomic E-state index is 13.9. The number of nitrogens with zero attached hydrogens (tertiary/aromatic N) is 4. The number of benzene rings is 9. The average Bonchev–Trinajstić information content (AvgIpc) is 3.64. The largest absolute Gasteiger partial charge is 0.493 e. The van der Waals surface area contributed by atoms with E-state index in [0.29, 0.717) is 111 Å². The Hall–Kier alpha value is -10.8. The van der Waals surface area contributed by atoms with Gasteiger partial charge in [0.2, 0.25) is 23.6 Å². The SMILES string of the molecule is COc1cc2nc(-c3cc4cc(-c5nc6cc(OC)c(OC)cc6c(=O)o5)cc5c6cc(-c7nc8cc(OC)c(OC)cc8c(=O)o7)cc7cc(-c8nc9cc(OC)c(OC)cc9c(=O)o8)cc(c(c3)c45)c76)oc(=O)c2cc1OC. The number of fused-ring (bicyclic) bond motifs is 6. The van der Waals surface area contributed by atoms with Gasteiger partial charge in [-0.1, -0.05) is 0 Å². The van der Waals surface area contributed by atoms with Gasteiger partial charge in [0.1, 0.15) is 0 Å². The number of hydrogen-bond acceptors (Lipinski definition) is 20. The molecule has 20 nitrogen and oxygen atoms in total. The maximum absolute atomic E-state index is 13.9. The molecule has 20 heteroatoms. The molecule has 0 radical (unpaired) electrons. The molecule has 0 aliphatic heterocycles. The van der Waals surface area contributed by atoms with Crippen molar-refractivity contribution in [2.75, 3.05) is 56.9 Å². The lowest BCUT2D eigenvalue weighted by Crippen LogP contribution is -2.05. The average molecular weight is 1070 g/mol. The first-order valence-electron chi connectivity index (χ1n) is 24.4. The predicted octanol–water partition coefficient (Wildman–Crippen LogP) is 10.5. The van der Waals surface area contributed by atoms with Crippen LogP contribution in [0.3, 0.4) is 0 Å². The van der Waals surface area contributed by atoms with Crippen LogP contribution in [0.2, 0.25) is 0 Å². The van der Waals surface area contributed by atoms with Gasteiger partial charge in [0.05, 0.1) is 100 Å². The Morgan fingerprint density at radius 2 is 0.463 bits per heavy atom. The minimum atomic E-state index is -0.691. The van der Waals surface area contributed by atoms with Gasteiger partial charge in [0.15, 0.2) is 46.0 Å². The van der Waals surface area contributed by atoms with Crippen molar-refractivity contribution in [2.45, 2.75) is 0 Å². The Morgan fingerprint density at radius 3 is 0.662 bits per heavy atom. The van der Waals surface area contributed by atoms with E-state index in [1.54, 1.807) is 48.5 Å². The van der Waals surface area contributed by atoms with E-state index in [1.165, 1.54) is 81.1 Å². The molecule has 13 rings (SSSR count). The molecule has 0 saturated carbocycles. The van der Waals surface area contributed by atoms with Crippen molar-refractivity contribution >= 4 is 86.7 Å². The van der Waals surface area contributed by atoms with Crippen LogP contribution in [0.1, 0.15) is 0 Å². The van der Waals surface area contributed by atoms with Crippen LogP contribution in [0.15, 0.2) is 134 Å². The molecule has 0 saturated heterocycles. The maximum Gasteiger partial charge on any atom is 0.347 e. The lowest BCUT2D eigenvalue weighted by molar-refractivity contribution is 0.355. The molecule has 0 N–H and O–H groups in total. The Morgan fingerprint density at radius 1 is 0.263 bits per heavy atom. The van der Waals surface area contributed by atoms with Crippen molar-refractivity contribution in [2.24, 2.45) is 0 Å². The third-order valence-corrected chi connectivity index (χ3v) is 14.2. The zero-order valence-electron chi connectivity index (χ0n) is 43.6. The van der Waals surface area contributed by atoms with Crippen molar-refractivity contribution in [1.82, 2.24) is 19.9 Å². The first-order valence-corrected chi connectivity index (χ1v) is 24.4. The molecule has 4 aromatic heterocycles. The summed E-state index contributed by atoms with van der Waals surface area (Å²) in [7, 11) is 11.7. The molecule has 13 aromatic rings. The second kappa shape index (κ2) is 18.5. The molecule has 0 bridgehead atoms. The highest BCUT2D eigenvalue weighted by atomic mass is 16.5. The summed E-state index contributed by atoms with van der Waals surface area (Å²) in [5, 5.41) is 5.58. The van der Waals surface area contributed by atoms with Crippen molar-refractivity contribution in [3.8, 4) is 91.8 Å². The Balaban J connectivity index is 1.16. The molecule has 0 atom stereocenters. The van der Waals surface area contributed by atoms with E-state index < -0.39 is 22.5 Å². The molecule has 0 aliphatic rings. The van der Waals surface area contributed by atoms with Gasteiger partial charge < -0.3 is 55.6 Å². The summed E-state index contributed by atoms with van der Waals surface area (Å²) < 4.78 is 68.3. The molecule has 9 aromatic carbocycles. The van der Waals surface area contributed by atoms with E-state index in [0.717, 1.165) is 0 Å². The van der Waals surface area contributed by atoms with Crippen LogP contribution in [0, 0.1) is 0 Å². The number of aromatic nitrogens is 4.